The van der Waals surface area contributed by atoms with Gasteiger partial charge in [-0.15, -0.1) is 0 Å². The minimum atomic E-state index is -5.87. The van der Waals surface area contributed by atoms with Crippen LogP contribution in [-0.4, -0.2) is 29.2 Å². The highest BCUT2D eigenvalue weighted by molar-refractivity contribution is 5.78. The third-order valence-corrected chi connectivity index (χ3v) is 2.59. The fourth-order valence-corrected chi connectivity index (χ4v) is 1.67. The highest BCUT2D eigenvalue weighted by Crippen LogP contribution is 2.57. The summed E-state index contributed by atoms with van der Waals surface area (Å²) in [6.07, 6.45) is -7.60. The zero-order valence-electron chi connectivity index (χ0n) is 7.31. The van der Waals surface area contributed by atoms with Crippen LogP contribution in [0.3, 0.4) is 0 Å². The molecule has 1 rings (SSSR count). The Hall–Kier alpha value is -0.920. The first-order valence-electron chi connectivity index (χ1n) is 3.98. The molecule has 3 N–H and O–H groups in total. The average molecular weight is 233 g/mol. The number of halogens is 5. The van der Waals surface area contributed by atoms with E-state index in [0.29, 0.717) is 0 Å². The third kappa shape index (κ3) is 1.47. The van der Waals surface area contributed by atoms with Gasteiger partial charge in [-0.05, 0) is 12.8 Å². The van der Waals surface area contributed by atoms with Gasteiger partial charge in [0.15, 0.2) is 0 Å². The molecule has 1 fully saturated rings. The van der Waals surface area contributed by atoms with E-state index >= 15 is 0 Å². The molecule has 88 valence electrons. The third-order valence-electron chi connectivity index (χ3n) is 2.59. The summed E-state index contributed by atoms with van der Waals surface area (Å²) in [6, 6.07) is -0.922. The molecule has 0 aliphatic heterocycles. The van der Waals surface area contributed by atoms with Crippen molar-refractivity contribution in [3.05, 3.63) is 0 Å². The summed E-state index contributed by atoms with van der Waals surface area (Å²) in [5.74, 6) is -7.41. The molecular weight excluding hydrogens is 225 g/mol. The molecule has 0 unspecified atom stereocenters. The molecule has 8 heteroatoms. The number of hydrogen-bond donors (Lipinski definition) is 2. The molecule has 1 aliphatic rings. The van der Waals surface area contributed by atoms with Crippen LogP contribution in [0.15, 0.2) is 0 Å². The molecule has 0 heterocycles. The minimum Gasteiger partial charge on any atom is -0.481 e. The van der Waals surface area contributed by atoms with Gasteiger partial charge in [-0.1, -0.05) is 0 Å². The zero-order chi connectivity index (χ0) is 12.1. The molecule has 0 aromatic carbocycles. The van der Waals surface area contributed by atoms with Crippen molar-refractivity contribution in [3.8, 4) is 0 Å². The fourth-order valence-electron chi connectivity index (χ4n) is 1.67. The van der Waals surface area contributed by atoms with Gasteiger partial charge < -0.3 is 10.8 Å². The maximum absolute atomic E-state index is 12.9. The topological polar surface area (TPSA) is 63.3 Å². The van der Waals surface area contributed by atoms with E-state index in [-0.39, 0.29) is 0 Å². The Morgan fingerprint density at radius 2 is 1.67 bits per heavy atom. The quantitative estimate of drug-likeness (QED) is 0.708. The van der Waals surface area contributed by atoms with Crippen LogP contribution in [-0.2, 0) is 4.79 Å². The molecule has 0 amide bonds. The van der Waals surface area contributed by atoms with Gasteiger partial charge >= 0.3 is 18.1 Å². The van der Waals surface area contributed by atoms with Crippen LogP contribution in [0.2, 0.25) is 0 Å². The van der Waals surface area contributed by atoms with Crippen molar-refractivity contribution in [2.45, 2.75) is 31.0 Å². The number of carbonyl (C=O) groups is 1. The van der Waals surface area contributed by atoms with Crippen LogP contribution in [0.1, 0.15) is 12.8 Å². The van der Waals surface area contributed by atoms with E-state index in [1.165, 1.54) is 0 Å². The molecule has 1 saturated carbocycles. The minimum absolute atomic E-state index is 0.866. The molecule has 1 aliphatic carbocycles. The highest BCUT2D eigenvalue weighted by Gasteiger charge is 2.76. The predicted octanol–water partition coefficient (Wildman–Crippen LogP) is 1.38. The molecule has 0 spiro atoms. The Kier molecular flexibility index (Phi) is 2.46. The number of alkyl halides is 5. The Bertz CT molecular complexity index is 282. The second kappa shape index (κ2) is 3.03. The first-order valence-corrected chi connectivity index (χ1v) is 3.98. The molecule has 0 saturated heterocycles. The van der Waals surface area contributed by atoms with Crippen molar-refractivity contribution in [2.24, 2.45) is 11.1 Å². The van der Waals surface area contributed by atoms with Gasteiger partial charge in [0.2, 0.25) is 0 Å². The van der Waals surface area contributed by atoms with E-state index in [1.54, 1.807) is 0 Å². The van der Waals surface area contributed by atoms with Crippen LogP contribution in [0.5, 0.6) is 0 Å². The van der Waals surface area contributed by atoms with E-state index in [9.17, 15) is 26.7 Å². The van der Waals surface area contributed by atoms with Gasteiger partial charge in [-0.2, -0.15) is 22.0 Å². The van der Waals surface area contributed by atoms with Crippen LogP contribution in [0, 0.1) is 5.41 Å². The number of rotatable bonds is 2. The van der Waals surface area contributed by atoms with Gasteiger partial charge in [0.05, 0.1) is 0 Å². The summed E-state index contributed by atoms with van der Waals surface area (Å²) in [5, 5.41) is 8.46. The Morgan fingerprint density at radius 1 is 1.27 bits per heavy atom. The first kappa shape index (κ1) is 12.2. The number of hydrogen-bond acceptors (Lipinski definition) is 2. The fraction of sp³-hybridized carbons (Fsp3) is 0.857. The molecule has 0 radical (unpaired) electrons. The molecule has 3 nitrogen and oxygen atoms in total. The smallest absolute Gasteiger partial charge is 0.454 e. The monoisotopic (exact) mass is 233 g/mol. The second-order valence-corrected chi connectivity index (χ2v) is 3.63. The Labute approximate surface area is 81.0 Å². The average Bonchev–Trinajstić information content (AvgIpc) is 1.94. The zero-order valence-corrected chi connectivity index (χ0v) is 7.31. The maximum atomic E-state index is 12.9. The lowest BCUT2D eigenvalue weighted by atomic mass is 9.61. The molecule has 15 heavy (non-hydrogen) atoms. The lowest BCUT2D eigenvalue weighted by Gasteiger charge is -2.47. The molecule has 0 atom stereocenters. The standard InChI is InChI=1S/C7H8F5NO2/c8-6(9,7(10,11)12)5(4(14)15)1-3(13)2-5/h3H,1-2,13H2,(H,14,15). The number of carboxylic acid groups (broad SMARTS) is 1. The molecular formula is C7H8F5NO2. The van der Waals surface area contributed by atoms with Crippen LogP contribution in [0.25, 0.3) is 0 Å². The second-order valence-electron chi connectivity index (χ2n) is 3.63. The summed E-state index contributed by atoms with van der Waals surface area (Å²) in [4.78, 5) is 10.5. The molecule has 0 aromatic rings. The van der Waals surface area contributed by atoms with Gasteiger partial charge in [0.1, 0.15) is 5.41 Å². The van der Waals surface area contributed by atoms with E-state index in [1.807, 2.05) is 0 Å². The highest BCUT2D eigenvalue weighted by atomic mass is 19.4. The van der Waals surface area contributed by atoms with Crippen molar-refractivity contribution < 1.29 is 31.9 Å². The summed E-state index contributed by atoms with van der Waals surface area (Å²) < 4.78 is 61.7. The Balaban J connectivity index is 3.07. The van der Waals surface area contributed by atoms with Gasteiger partial charge in [0, 0.05) is 6.04 Å². The van der Waals surface area contributed by atoms with Gasteiger partial charge in [-0.25, -0.2) is 0 Å². The maximum Gasteiger partial charge on any atom is 0.454 e. The van der Waals surface area contributed by atoms with E-state index < -0.39 is 42.4 Å². The summed E-state index contributed by atoms with van der Waals surface area (Å²) in [7, 11) is 0. The van der Waals surface area contributed by atoms with Gasteiger partial charge in [-0.3, -0.25) is 4.79 Å². The largest absolute Gasteiger partial charge is 0.481 e. The number of nitrogens with two attached hydrogens (primary N) is 1. The van der Waals surface area contributed by atoms with Crippen molar-refractivity contribution >= 4 is 5.97 Å². The van der Waals surface area contributed by atoms with Crippen molar-refractivity contribution in [1.29, 1.82) is 0 Å². The molecule has 0 aromatic heterocycles. The normalized spacial score (nSPS) is 32.3. The van der Waals surface area contributed by atoms with Crippen molar-refractivity contribution in [3.63, 3.8) is 0 Å². The van der Waals surface area contributed by atoms with Crippen LogP contribution < -0.4 is 5.73 Å². The lowest BCUT2D eigenvalue weighted by Crippen LogP contribution is -2.65. The van der Waals surface area contributed by atoms with E-state index in [4.69, 9.17) is 10.8 Å². The van der Waals surface area contributed by atoms with Crippen molar-refractivity contribution in [1.82, 2.24) is 0 Å². The first-order chi connectivity index (χ1) is 6.54. The summed E-state index contributed by atoms with van der Waals surface area (Å²) >= 11 is 0. The molecule has 0 bridgehead atoms. The van der Waals surface area contributed by atoms with Crippen molar-refractivity contribution in [2.75, 3.05) is 0 Å². The lowest BCUT2D eigenvalue weighted by molar-refractivity contribution is -0.336. The number of aliphatic carboxylic acids is 1. The SMILES string of the molecule is NC1CC(C(=O)O)(C(F)(F)C(F)(F)F)C1. The van der Waals surface area contributed by atoms with E-state index in [0.717, 1.165) is 0 Å². The Morgan fingerprint density at radius 3 is 1.87 bits per heavy atom. The predicted molar refractivity (Wildman–Crippen MR) is 38.3 cm³/mol. The summed E-state index contributed by atoms with van der Waals surface area (Å²) in [5.41, 5.74) is 1.98. The van der Waals surface area contributed by atoms with Crippen LogP contribution in [0.4, 0.5) is 22.0 Å². The van der Waals surface area contributed by atoms with Gasteiger partial charge in [0.25, 0.3) is 0 Å². The summed E-state index contributed by atoms with van der Waals surface area (Å²) in [6.45, 7) is 0. The van der Waals surface area contributed by atoms with E-state index in [2.05, 4.69) is 0 Å². The van der Waals surface area contributed by atoms with Crippen LogP contribution >= 0.6 is 0 Å². The number of carboxylic acids is 1.